The lowest BCUT2D eigenvalue weighted by Crippen LogP contribution is -2.38. The van der Waals surface area contributed by atoms with E-state index in [1.54, 1.807) is 4.90 Å². The smallest absolute Gasteiger partial charge is 0.331 e. The van der Waals surface area contributed by atoms with Gasteiger partial charge in [-0.15, -0.1) is 0 Å². The molecule has 0 spiro atoms. The highest BCUT2D eigenvalue weighted by Gasteiger charge is 2.20. The lowest BCUT2D eigenvalue weighted by molar-refractivity contribution is -0.148. The number of nitrogens with zero attached hydrogens (tertiary/aromatic N) is 1. The zero-order chi connectivity index (χ0) is 18.5. The van der Waals surface area contributed by atoms with Crippen LogP contribution < -0.4 is 0 Å². The number of carbonyl (C=O) groups is 2. The van der Waals surface area contributed by atoms with Gasteiger partial charge in [0.2, 0.25) is 0 Å². The van der Waals surface area contributed by atoms with Crippen molar-refractivity contribution in [2.75, 3.05) is 13.2 Å². The van der Waals surface area contributed by atoms with Gasteiger partial charge in [-0.25, -0.2) is 9.18 Å². The molecule has 0 atom stereocenters. The Balaban J connectivity index is 1.50. The first kappa shape index (κ1) is 18.1. The summed E-state index contributed by atoms with van der Waals surface area (Å²) in [4.78, 5) is 25.7. The Hall–Kier alpha value is -2.66. The van der Waals surface area contributed by atoms with Gasteiger partial charge < -0.3 is 9.64 Å². The fourth-order valence-electron chi connectivity index (χ4n) is 2.76. The molecule has 0 radical (unpaired) electrons. The molecule has 1 aliphatic heterocycles. The summed E-state index contributed by atoms with van der Waals surface area (Å²) in [5, 5.41) is -0.0268. The van der Waals surface area contributed by atoms with Gasteiger partial charge in [-0.05, 0) is 41.3 Å². The Bertz CT molecular complexity index is 866. The van der Waals surface area contributed by atoms with Crippen LogP contribution in [0, 0.1) is 5.82 Å². The molecule has 0 N–H and O–H groups in total. The fraction of sp³-hybridized carbons (Fsp3) is 0.200. The maximum atomic E-state index is 13.1. The number of halogens is 2. The predicted molar refractivity (Wildman–Crippen MR) is 97.0 cm³/mol. The third-order valence-corrected chi connectivity index (χ3v) is 4.47. The van der Waals surface area contributed by atoms with Gasteiger partial charge in [-0.3, -0.25) is 4.79 Å². The SMILES string of the molecule is O=C(/C=C/c1ccc(F)c(Cl)c1)OCC(=O)N1CCc2ccccc2C1. The van der Waals surface area contributed by atoms with E-state index < -0.39 is 11.8 Å². The molecule has 0 unspecified atom stereocenters. The Morgan fingerprint density at radius 1 is 1.19 bits per heavy atom. The standard InChI is InChI=1S/C20H17ClFNO3/c21-17-11-14(5-7-18(17)22)6-8-20(25)26-13-19(24)23-10-9-15-3-1-2-4-16(15)12-23/h1-8,11H,9-10,12-13H2/b8-6+. The van der Waals surface area contributed by atoms with Gasteiger partial charge in [0.1, 0.15) is 5.82 Å². The molecule has 0 aromatic heterocycles. The number of esters is 1. The van der Waals surface area contributed by atoms with Gasteiger partial charge in [0.25, 0.3) is 5.91 Å². The van der Waals surface area contributed by atoms with Crippen molar-refractivity contribution in [2.24, 2.45) is 0 Å². The average Bonchev–Trinajstić information content (AvgIpc) is 2.66. The van der Waals surface area contributed by atoms with E-state index in [9.17, 15) is 14.0 Å². The first-order chi connectivity index (χ1) is 12.5. The first-order valence-corrected chi connectivity index (χ1v) is 8.55. The second kappa shape index (κ2) is 8.15. The summed E-state index contributed by atoms with van der Waals surface area (Å²) in [7, 11) is 0. The minimum absolute atomic E-state index is 0.0268. The van der Waals surface area contributed by atoms with Gasteiger partial charge >= 0.3 is 5.97 Å². The summed E-state index contributed by atoms with van der Waals surface area (Å²) >= 11 is 5.68. The lowest BCUT2D eigenvalue weighted by Gasteiger charge is -2.28. The van der Waals surface area contributed by atoms with Gasteiger partial charge in [-0.2, -0.15) is 0 Å². The molecule has 0 bridgehead atoms. The van der Waals surface area contributed by atoms with E-state index in [-0.39, 0.29) is 17.5 Å². The molecular weight excluding hydrogens is 357 g/mol. The van der Waals surface area contributed by atoms with E-state index in [4.69, 9.17) is 16.3 Å². The maximum absolute atomic E-state index is 13.1. The van der Waals surface area contributed by atoms with Crippen LogP contribution in [0.15, 0.2) is 48.5 Å². The second-order valence-corrected chi connectivity index (χ2v) is 6.36. The predicted octanol–water partition coefficient (Wildman–Crippen LogP) is 3.62. The van der Waals surface area contributed by atoms with Crippen molar-refractivity contribution >= 4 is 29.6 Å². The van der Waals surface area contributed by atoms with Crippen LogP contribution in [0.2, 0.25) is 5.02 Å². The van der Waals surface area contributed by atoms with Crippen LogP contribution in [0.1, 0.15) is 16.7 Å². The number of carbonyl (C=O) groups excluding carboxylic acids is 2. The third kappa shape index (κ3) is 4.49. The Labute approximate surface area is 155 Å². The highest BCUT2D eigenvalue weighted by molar-refractivity contribution is 6.30. The Morgan fingerprint density at radius 2 is 1.96 bits per heavy atom. The number of benzene rings is 2. The first-order valence-electron chi connectivity index (χ1n) is 8.17. The van der Waals surface area contributed by atoms with Crippen molar-refractivity contribution in [3.63, 3.8) is 0 Å². The summed E-state index contributed by atoms with van der Waals surface area (Å²) < 4.78 is 18.1. The molecule has 2 aromatic carbocycles. The Morgan fingerprint density at radius 3 is 2.73 bits per heavy atom. The largest absolute Gasteiger partial charge is 0.452 e. The zero-order valence-electron chi connectivity index (χ0n) is 14.0. The molecule has 1 aliphatic rings. The molecule has 1 heterocycles. The summed E-state index contributed by atoms with van der Waals surface area (Å²) in [6.07, 6.45) is 3.43. The van der Waals surface area contributed by atoms with Crippen molar-refractivity contribution in [3.05, 3.63) is 76.1 Å². The third-order valence-electron chi connectivity index (χ3n) is 4.18. The number of amides is 1. The molecule has 1 amide bonds. The maximum Gasteiger partial charge on any atom is 0.331 e. The summed E-state index contributed by atoms with van der Waals surface area (Å²) in [6, 6.07) is 12.1. The van der Waals surface area contributed by atoms with E-state index in [2.05, 4.69) is 6.07 Å². The highest BCUT2D eigenvalue weighted by Crippen LogP contribution is 2.19. The molecule has 0 saturated heterocycles. The number of ether oxygens (including phenoxy) is 1. The molecule has 26 heavy (non-hydrogen) atoms. The molecule has 4 nitrogen and oxygen atoms in total. The van der Waals surface area contributed by atoms with Gasteiger partial charge in [0.05, 0.1) is 5.02 Å². The van der Waals surface area contributed by atoms with E-state index in [0.29, 0.717) is 18.7 Å². The molecule has 134 valence electrons. The van der Waals surface area contributed by atoms with Crippen molar-refractivity contribution < 1.29 is 18.7 Å². The lowest BCUT2D eigenvalue weighted by atomic mass is 10.00. The van der Waals surface area contributed by atoms with Crippen molar-refractivity contribution in [1.82, 2.24) is 4.90 Å². The molecular formula is C20H17ClFNO3. The van der Waals surface area contributed by atoms with Crippen LogP contribution in [0.4, 0.5) is 4.39 Å². The van der Waals surface area contributed by atoms with E-state index in [0.717, 1.165) is 12.0 Å². The number of rotatable bonds is 4. The van der Waals surface area contributed by atoms with Crippen molar-refractivity contribution in [1.29, 1.82) is 0 Å². The molecule has 6 heteroatoms. The monoisotopic (exact) mass is 373 g/mol. The molecule has 0 aliphatic carbocycles. The van der Waals surface area contributed by atoms with Crippen molar-refractivity contribution in [3.8, 4) is 0 Å². The summed E-state index contributed by atoms with van der Waals surface area (Å²) in [5.41, 5.74) is 2.92. The minimum atomic E-state index is -0.642. The zero-order valence-corrected chi connectivity index (χ0v) is 14.7. The fourth-order valence-corrected chi connectivity index (χ4v) is 2.95. The van der Waals surface area contributed by atoms with E-state index in [1.807, 2.05) is 18.2 Å². The second-order valence-electron chi connectivity index (χ2n) is 5.95. The summed E-state index contributed by atoms with van der Waals surface area (Å²) in [5.74, 6) is -1.40. The van der Waals surface area contributed by atoms with Crippen LogP contribution in [-0.4, -0.2) is 29.9 Å². The average molecular weight is 374 g/mol. The quantitative estimate of drug-likeness (QED) is 0.607. The highest BCUT2D eigenvalue weighted by atomic mass is 35.5. The Kier molecular flexibility index (Phi) is 5.68. The normalized spacial score (nSPS) is 13.5. The van der Waals surface area contributed by atoms with Crippen LogP contribution in [0.3, 0.4) is 0 Å². The van der Waals surface area contributed by atoms with Crippen LogP contribution in [0.5, 0.6) is 0 Å². The van der Waals surface area contributed by atoms with Gasteiger partial charge in [0, 0.05) is 19.2 Å². The summed E-state index contributed by atoms with van der Waals surface area (Å²) in [6.45, 7) is 0.823. The molecule has 3 rings (SSSR count). The van der Waals surface area contributed by atoms with Crippen LogP contribution >= 0.6 is 11.6 Å². The van der Waals surface area contributed by atoms with E-state index >= 15 is 0 Å². The molecule has 0 saturated carbocycles. The van der Waals surface area contributed by atoms with Crippen LogP contribution in [-0.2, 0) is 27.3 Å². The van der Waals surface area contributed by atoms with Gasteiger partial charge in [-0.1, -0.05) is 41.9 Å². The molecule has 0 fully saturated rings. The number of fused-ring (bicyclic) bond motifs is 1. The van der Waals surface area contributed by atoms with E-state index in [1.165, 1.54) is 35.9 Å². The minimum Gasteiger partial charge on any atom is -0.452 e. The van der Waals surface area contributed by atoms with Gasteiger partial charge in [0.15, 0.2) is 6.61 Å². The van der Waals surface area contributed by atoms with Crippen LogP contribution in [0.25, 0.3) is 6.08 Å². The van der Waals surface area contributed by atoms with Crippen molar-refractivity contribution in [2.45, 2.75) is 13.0 Å². The number of hydrogen-bond donors (Lipinski definition) is 0. The number of hydrogen-bond acceptors (Lipinski definition) is 3. The molecule has 2 aromatic rings. The topological polar surface area (TPSA) is 46.6 Å².